The molecule has 2 unspecified atom stereocenters. The maximum atomic E-state index is 12.9. The molecule has 4 N–H and O–H groups in total. The second-order valence-electron chi connectivity index (χ2n) is 19.3. The van der Waals surface area contributed by atoms with Crippen LogP contribution in [0.5, 0.6) is 0 Å². The van der Waals surface area contributed by atoms with E-state index in [1.54, 1.807) is 0 Å². The maximum absolute atomic E-state index is 12.9. The van der Waals surface area contributed by atoms with Gasteiger partial charge in [0.1, 0.15) is 36.8 Å². The zero-order valence-electron chi connectivity index (χ0n) is 41.6. The van der Waals surface area contributed by atoms with E-state index in [-0.39, 0.29) is 19.4 Å². The lowest BCUT2D eigenvalue weighted by molar-refractivity contribution is -0.297. The van der Waals surface area contributed by atoms with Gasteiger partial charge in [-0.25, -0.2) is 0 Å². The Hall–Kier alpha value is -1.35. The Bertz CT molecular complexity index is 1200. The molecule has 1 aliphatic heterocycles. The van der Waals surface area contributed by atoms with E-state index < -0.39 is 71.2 Å². The highest BCUT2D eigenvalue weighted by Crippen LogP contribution is 2.24. The van der Waals surface area contributed by atoms with Gasteiger partial charge in [0, 0.05) is 12.8 Å². The fourth-order valence-corrected chi connectivity index (χ4v) is 9.43. The van der Waals surface area contributed by atoms with Gasteiger partial charge >= 0.3 is 11.9 Å². The van der Waals surface area contributed by atoms with Crippen molar-refractivity contribution in [2.75, 3.05) is 19.0 Å². The first kappa shape index (κ1) is 61.7. The van der Waals surface area contributed by atoms with E-state index in [1.807, 2.05) is 0 Å². The molecule has 1 rings (SSSR count). The quantitative estimate of drug-likeness (QED) is 0.0257. The van der Waals surface area contributed by atoms with Crippen molar-refractivity contribution >= 4 is 22.1 Å². The lowest BCUT2D eigenvalue weighted by Crippen LogP contribution is -2.60. The molecule has 1 fully saturated rings. The SMILES string of the molecule is CCCCCCCCCCCCCCCCCCCCCCC(=O)OC[C@H](CO[C@H]1O[C@H](CS(=O)(=O)O)[C@@H](O)C(O)C1O)OC(=O)CCCCCCCCCCCCCCCCCCC. The molecule has 1 saturated heterocycles. The second-order valence-corrected chi connectivity index (χ2v) is 20.8. The lowest BCUT2D eigenvalue weighted by Gasteiger charge is -2.40. The van der Waals surface area contributed by atoms with Crippen LogP contribution in [0.1, 0.15) is 264 Å². The van der Waals surface area contributed by atoms with Crippen LogP contribution in [0.3, 0.4) is 0 Å². The summed E-state index contributed by atoms with van der Waals surface area (Å²) in [6, 6.07) is 0. The predicted molar refractivity (Wildman–Crippen MR) is 261 cm³/mol. The molecular formula is C52H100O12S. The zero-order chi connectivity index (χ0) is 47.6. The summed E-state index contributed by atoms with van der Waals surface area (Å²) in [7, 11) is -4.60. The molecule has 0 aliphatic carbocycles. The zero-order valence-corrected chi connectivity index (χ0v) is 42.4. The Morgan fingerprint density at radius 2 is 0.785 bits per heavy atom. The molecule has 13 heteroatoms. The number of carbonyl (C=O) groups excluding carboxylic acids is 2. The van der Waals surface area contributed by atoms with Crippen molar-refractivity contribution in [2.24, 2.45) is 0 Å². The number of aliphatic hydroxyl groups excluding tert-OH is 3. The molecule has 0 bridgehead atoms. The second kappa shape index (κ2) is 42.7. The average molecular weight is 949 g/mol. The van der Waals surface area contributed by atoms with E-state index in [2.05, 4.69) is 13.8 Å². The van der Waals surface area contributed by atoms with E-state index in [0.29, 0.717) is 12.8 Å². The Morgan fingerprint density at radius 1 is 0.462 bits per heavy atom. The molecule has 0 amide bonds. The molecule has 0 spiro atoms. The number of ether oxygens (including phenoxy) is 4. The molecule has 1 aliphatic rings. The minimum atomic E-state index is -4.60. The van der Waals surface area contributed by atoms with Gasteiger partial charge in [-0.3, -0.25) is 14.1 Å². The smallest absolute Gasteiger partial charge is 0.306 e. The third-order valence-electron chi connectivity index (χ3n) is 12.9. The first-order chi connectivity index (χ1) is 31.5. The van der Waals surface area contributed by atoms with Crippen LogP contribution in [0, 0.1) is 0 Å². The predicted octanol–water partition coefficient (Wildman–Crippen LogP) is 12.4. The molecule has 65 heavy (non-hydrogen) atoms. The first-order valence-corrected chi connectivity index (χ1v) is 28.7. The highest BCUT2D eigenvalue weighted by atomic mass is 32.2. The third-order valence-corrected chi connectivity index (χ3v) is 13.7. The van der Waals surface area contributed by atoms with Crippen LogP contribution in [-0.2, 0) is 38.7 Å². The van der Waals surface area contributed by atoms with Crippen LogP contribution in [0.15, 0.2) is 0 Å². The van der Waals surface area contributed by atoms with Gasteiger partial charge in [0.15, 0.2) is 12.4 Å². The van der Waals surface area contributed by atoms with Crippen molar-refractivity contribution in [3.8, 4) is 0 Å². The minimum Gasteiger partial charge on any atom is -0.462 e. The van der Waals surface area contributed by atoms with Gasteiger partial charge in [0.05, 0.1) is 6.61 Å². The molecule has 12 nitrogen and oxygen atoms in total. The molecular weight excluding hydrogens is 849 g/mol. The van der Waals surface area contributed by atoms with Crippen molar-refractivity contribution in [3.05, 3.63) is 0 Å². The van der Waals surface area contributed by atoms with Crippen LogP contribution in [-0.4, -0.2) is 96.0 Å². The Morgan fingerprint density at radius 3 is 1.12 bits per heavy atom. The minimum absolute atomic E-state index is 0.173. The van der Waals surface area contributed by atoms with Crippen LogP contribution < -0.4 is 0 Å². The molecule has 386 valence electrons. The van der Waals surface area contributed by atoms with Crippen molar-refractivity contribution < 1.29 is 56.8 Å². The monoisotopic (exact) mass is 949 g/mol. The molecule has 0 aromatic carbocycles. The van der Waals surface area contributed by atoms with E-state index in [9.17, 15) is 37.9 Å². The normalized spacial score (nSPS) is 19.4. The molecule has 0 radical (unpaired) electrons. The van der Waals surface area contributed by atoms with Gasteiger partial charge in [-0.1, -0.05) is 239 Å². The Balaban J connectivity index is 2.32. The number of unbranched alkanes of at least 4 members (excludes halogenated alkanes) is 35. The maximum Gasteiger partial charge on any atom is 0.306 e. The summed E-state index contributed by atoms with van der Waals surface area (Å²) in [4.78, 5) is 25.6. The summed E-state index contributed by atoms with van der Waals surface area (Å²) in [6.07, 6.45) is 37.1. The lowest BCUT2D eigenvalue weighted by atomic mass is 10.00. The van der Waals surface area contributed by atoms with Crippen molar-refractivity contribution in [1.29, 1.82) is 0 Å². The Labute approximate surface area is 397 Å². The summed E-state index contributed by atoms with van der Waals surface area (Å²) in [5.74, 6) is -1.95. The highest BCUT2D eigenvalue weighted by molar-refractivity contribution is 7.85. The van der Waals surface area contributed by atoms with Gasteiger partial charge in [-0.05, 0) is 12.8 Å². The highest BCUT2D eigenvalue weighted by Gasteiger charge is 2.46. The molecule has 0 aromatic rings. The van der Waals surface area contributed by atoms with Gasteiger partial charge < -0.3 is 34.3 Å². The van der Waals surface area contributed by atoms with E-state index in [4.69, 9.17) is 18.9 Å². The van der Waals surface area contributed by atoms with Crippen molar-refractivity contribution in [3.63, 3.8) is 0 Å². The number of hydrogen-bond acceptors (Lipinski definition) is 11. The number of esters is 2. The standard InChI is InChI=1S/C52H100O12S/c1-3-5-7-9-11-13-15-17-19-21-22-23-25-26-28-30-32-34-36-38-40-47(53)61-42-45(43-62-52-51(57)50(56)49(55)46(64-52)44-65(58,59)60)63-48(54)41-39-37-35-33-31-29-27-24-20-18-16-14-12-10-8-6-4-2/h45-46,49-52,55-57H,3-44H2,1-2H3,(H,58,59,60)/t45-,46-,49-,50?,51?,52+/m1/s1. The van der Waals surface area contributed by atoms with Crippen LogP contribution >= 0.6 is 0 Å². The number of rotatable bonds is 47. The number of hydrogen-bond donors (Lipinski definition) is 4. The summed E-state index contributed by atoms with van der Waals surface area (Å²) < 4.78 is 54.3. The summed E-state index contributed by atoms with van der Waals surface area (Å²) in [5.41, 5.74) is 0. The molecule has 1 heterocycles. The van der Waals surface area contributed by atoms with E-state index in [0.717, 1.165) is 38.5 Å². The summed E-state index contributed by atoms with van der Waals surface area (Å²) >= 11 is 0. The van der Waals surface area contributed by atoms with Gasteiger partial charge in [-0.2, -0.15) is 8.42 Å². The van der Waals surface area contributed by atoms with Crippen molar-refractivity contribution in [1.82, 2.24) is 0 Å². The molecule has 0 saturated carbocycles. The largest absolute Gasteiger partial charge is 0.462 e. The van der Waals surface area contributed by atoms with Gasteiger partial charge in [0.2, 0.25) is 0 Å². The number of aliphatic hydroxyl groups is 3. The topological polar surface area (TPSA) is 186 Å². The Kier molecular flexibility index (Phi) is 40.5. The molecule has 6 atom stereocenters. The fourth-order valence-electron chi connectivity index (χ4n) is 8.74. The van der Waals surface area contributed by atoms with Gasteiger partial charge in [0.25, 0.3) is 10.1 Å². The fraction of sp³-hybridized carbons (Fsp3) is 0.962. The van der Waals surface area contributed by atoms with Crippen molar-refractivity contribution in [2.45, 2.75) is 301 Å². The first-order valence-electron chi connectivity index (χ1n) is 27.1. The third kappa shape index (κ3) is 37.3. The summed E-state index contributed by atoms with van der Waals surface area (Å²) in [5, 5.41) is 31.0. The van der Waals surface area contributed by atoms with Crippen LogP contribution in [0.2, 0.25) is 0 Å². The summed E-state index contributed by atoms with van der Waals surface area (Å²) in [6.45, 7) is 3.82. The van der Waals surface area contributed by atoms with Crippen LogP contribution in [0.25, 0.3) is 0 Å². The van der Waals surface area contributed by atoms with Gasteiger partial charge in [-0.15, -0.1) is 0 Å². The van der Waals surface area contributed by atoms with E-state index >= 15 is 0 Å². The van der Waals surface area contributed by atoms with E-state index in [1.165, 1.54) is 186 Å². The average Bonchev–Trinajstić information content (AvgIpc) is 3.27. The van der Waals surface area contributed by atoms with Crippen LogP contribution in [0.4, 0.5) is 0 Å². The molecule has 0 aromatic heterocycles. The number of carbonyl (C=O) groups is 2.